The third-order valence-corrected chi connectivity index (χ3v) is 6.56. The molecule has 3 aromatic rings. The first kappa shape index (κ1) is 27.3. The average Bonchev–Trinajstić information content (AvgIpc) is 2.85. The molecule has 36 heavy (non-hydrogen) atoms. The van der Waals surface area contributed by atoms with Crippen LogP contribution in [0.15, 0.2) is 63.8 Å². The lowest BCUT2D eigenvalue weighted by atomic mass is 10.0. The number of aryl methyl sites for hydroxylation is 1. The van der Waals surface area contributed by atoms with Crippen molar-refractivity contribution in [2.75, 3.05) is 12.4 Å². The SMILES string of the molecule is CCCCc1cc(=O)oc2cc(OCC(=O)N[C@H](CSCc3ccccc3)C(=O)NC(C)C)ccc12. The smallest absolute Gasteiger partial charge is 0.336 e. The van der Waals surface area contributed by atoms with Gasteiger partial charge in [-0.3, -0.25) is 9.59 Å². The van der Waals surface area contributed by atoms with Crippen molar-refractivity contribution in [3.05, 3.63) is 76.1 Å². The first-order valence-corrected chi connectivity index (χ1v) is 13.4. The van der Waals surface area contributed by atoms with Crippen LogP contribution in [0.25, 0.3) is 11.0 Å². The number of thioether (sulfide) groups is 1. The molecule has 0 fully saturated rings. The molecular formula is C28H34N2O5S. The highest BCUT2D eigenvalue weighted by atomic mass is 32.2. The number of hydrogen-bond acceptors (Lipinski definition) is 6. The van der Waals surface area contributed by atoms with E-state index in [4.69, 9.17) is 9.15 Å². The Balaban J connectivity index is 1.61. The van der Waals surface area contributed by atoms with E-state index < -0.39 is 17.6 Å². The maximum absolute atomic E-state index is 12.7. The molecule has 1 heterocycles. The summed E-state index contributed by atoms with van der Waals surface area (Å²) >= 11 is 1.58. The van der Waals surface area contributed by atoms with Crippen LogP contribution in [0.5, 0.6) is 5.75 Å². The molecule has 192 valence electrons. The van der Waals surface area contributed by atoms with Crippen molar-refractivity contribution in [2.24, 2.45) is 0 Å². The normalized spacial score (nSPS) is 11.9. The molecule has 0 unspecified atom stereocenters. The fourth-order valence-electron chi connectivity index (χ4n) is 3.70. The van der Waals surface area contributed by atoms with E-state index in [9.17, 15) is 14.4 Å². The number of amides is 2. The van der Waals surface area contributed by atoms with Gasteiger partial charge in [-0.25, -0.2) is 4.79 Å². The van der Waals surface area contributed by atoms with Gasteiger partial charge in [-0.05, 0) is 49.9 Å². The van der Waals surface area contributed by atoms with Crippen molar-refractivity contribution < 1.29 is 18.7 Å². The molecule has 7 nitrogen and oxygen atoms in total. The van der Waals surface area contributed by atoms with E-state index >= 15 is 0 Å². The fourth-order valence-corrected chi connectivity index (χ4v) is 4.71. The maximum atomic E-state index is 12.7. The van der Waals surface area contributed by atoms with Crippen LogP contribution in [0.1, 0.15) is 44.7 Å². The Bertz CT molecular complexity index is 1210. The molecule has 2 N–H and O–H groups in total. The van der Waals surface area contributed by atoms with E-state index in [1.54, 1.807) is 23.9 Å². The number of ether oxygens (including phenoxy) is 1. The van der Waals surface area contributed by atoms with Crippen molar-refractivity contribution in [1.29, 1.82) is 0 Å². The topological polar surface area (TPSA) is 97.6 Å². The minimum absolute atomic E-state index is 0.0400. The quantitative estimate of drug-likeness (QED) is 0.330. The number of carbonyl (C=O) groups is 2. The number of benzene rings is 2. The summed E-state index contributed by atoms with van der Waals surface area (Å²) in [6.07, 6.45) is 2.80. The molecule has 3 rings (SSSR count). The van der Waals surface area contributed by atoms with Crippen LogP contribution in [0.3, 0.4) is 0 Å². The highest BCUT2D eigenvalue weighted by Gasteiger charge is 2.22. The zero-order valence-corrected chi connectivity index (χ0v) is 21.9. The molecule has 0 saturated heterocycles. The van der Waals surface area contributed by atoms with Crippen molar-refractivity contribution in [3.63, 3.8) is 0 Å². The van der Waals surface area contributed by atoms with Gasteiger partial charge in [0.05, 0.1) is 0 Å². The Morgan fingerprint density at radius 1 is 1.06 bits per heavy atom. The lowest BCUT2D eigenvalue weighted by Gasteiger charge is -2.20. The number of nitrogens with one attached hydrogen (secondary N) is 2. The molecule has 0 aliphatic heterocycles. The van der Waals surface area contributed by atoms with Crippen LogP contribution in [0.4, 0.5) is 0 Å². The summed E-state index contributed by atoms with van der Waals surface area (Å²) in [6.45, 7) is 5.59. The fraction of sp³-hybridized carbons (Fsp3) is 0.393. The van der Waals surface area contributed by atoms with Gasteiger partial charge in [-0.2, -0.15) is 11.8 Å². The van der Waals surface area contributed by atoms with Gasteiger partial charge in [0.2, 0.25) is 5.91 Å². The zero-order chi connectivity index (χ0) is 25.9. The summed E-state index contributed by atoms with van der Waals surface area (Å²) in [5.41, 5.74) is 2.12. The van der Waals surface area contributed by atoms with Gasteiger partial charge in [-0.1, -0.05) is 43.7 Å². The van der Waals surface area contributed by atoms with E-state index in [1.165, 1.54) is 6.07 Å². The van der Waals surface area contributed by atoms with E-state index in [-0.39, 0.29) is 18.6 Å². The maximum Gasteiger partial charge on any atom is 0.336 e. The van der Waals surface area contributed by atoms with Crippen LogP contribution in [0, 0.1) is 0 Å². The van der Waals surface area contributed by atoms with Gasteiger partial charge >= 0.3 is 5.63 Å². The second-order valence-electron chi connectivity index (χ2n) is 8.92. The standard InChI is InChI=1S/C28H34N2O5S/c1-4-5-11-21-14-27(32)35-25-15-22(12-13-23(21)25)34-16-26(31)30-24(28(33)29-19(2)3)18-36-17-20-9-7-6-8-10-20/h6-10,12-15,19,24H,4-5,11,16-18H2,1-3H3,(H,29,33)(H,30,31)/t24-/m1/s1. The Morgan fingerprint density at radius 3 is 2.56 bits per heavy atom. The predicted octanol–water partition coefficient (Wildman–Crippen LogP) is 4.46. The summed E-state index contributed by atoms with van der Waals surface area (Å²) in [5.74, 6) is 0.945. The minimum Gasteiger partial charge on any atom is -0.484 e. The number of fused-ring (bicyclic) bond motifs is 1. The zero-order valence-electron chi connectivity index (χ0n) is 21.0. The molecular weight excluding hydrogens is 476 g/mol. The van der Waals surface area contributed by atoms with Gasteiger partial charge in [0, 0.05) is 35.1 Å². The van der Waals surface area contributed by atoms with Crippen LogP contribution >= 0.6 is 11.8 Å². The molecule has 0 radical (unpaired) electrons. The summed E-state index contributed by atoms with van der Waals surface area (Å²) in [7, 11) is 0. The lowest BCUT2D eigenvalue weighted by Crippen LogP contribution is -2.51. The molecule has 0 aliphatic rings. The molecule has 1 atom stereocenters. The Hall–Kier alpha value is -3.26. The number of unbranched alkanes of at least 4 members (excludes halogenated alkanes) is 1. The Morgan fingerprint density at radius 2 is 1.83 bits per heavy atom. The van der Waals surface area contributed by atoms with Crippen molar-refractivity contribution in [3.8, 4) is 5.75 Å². The molecule has 1 aromatic heterocycles. The van der Waals surface area contributed by atoms with Crippen LogP contribution in [-0.2, 0) is 21.8 Å². The molecule has 0 saturated carbocycles. The van der Waals surface area contributed by atoms with E-state index in [2.05, 4.69) is 17.6 Å². The average molecular weight is 511 g/mol. The van der Waals surface area contributed by atoms with Crippen molar-refractivity contribution >= 4 is 34.5 Å². The minimum atomic E-state index is -0.687. The third-order valence-electron chi connectivity index (χ3n) is 5.45. The van der Waals surface area contributed by atoms with Gasteiger partial charge in [0.15, 0.2) is 6.61 Å². The third kappa shape index (κ3) is 8.45. The number of hydrogen-bond donors (Lipinski definition) is 2. The van der Waals surface area contributed by atoms with Crippen LogP contribution in [-0.4, -0.2) is 36.3 Å². The van der Waals surface area contributed by atoms with E-state index in [0.717, 1.165) is 41.5 Å². The van der Waals surface area contributed by atoms with Gasteiger partial charge < -0.3 is 19.8 Å². The first-order valence-electron chi connectivity index (χ1n) is 12.3. The van der Waals surface area contributed by atoms with Crippen LogP contribution in [0.2, 0.25) is 0 Å². The summed E-state index contributed by atoms with van der Waals surface area (Å²) in [6, 6.07) is 16.0. The van der Waals surface area contributed by atoms with Crippen molar-refractivity contribution in [2.45, 2.75) is 57.9 Å². The second kappa shape index (κ2) is 13.7. The van der Waals surface area contributed by atoms with Crippen LogP contribution < -0.4 is 21.0 Å². The van der Waals surface area contributed by atoms with E-state index in [0.29, 0.717) is 17.1 Å². The molecule has 2 amide bonds. The molecule has 8 heteroatoms. The summed E-state index contributed by atoms with van der Waals surface area (Å²) in [5, 5.41) is 6.51. The van der Waals surface area contributed by atoms with E-state index in [1.807, 2.05) is 50.2 Å². The predicted molar refractivity (Wildman–Crippen MR) is 144 cm³/mol. The molecule has 0 bridgehead atoms. The summed E-state index contributed by atoms with van der Waals surface area (Å²) < 4.78 is 11.0. The number of carbonyl (C=O) groups excluding carboxylic acids is 2. The molecule has 2 aromatic carbocycles. The first-order chi connectivity index (χ1) is 17.4. The van der Waals surface area contributed by atoms with Gasteiger partial charge in [0.1, 0.15) is 17.4 Å². The second-order valence-corrected chi connectivity index (χ2v) is 9.96. The molecule has 0 spiro atoms. The largest absolute Gasteiger partial charge is 0.484 e. The highest BCUT2D eigenvalue weighted by molar-refractivity contribution is 7.98. The van der Waals surface area contributed by atoms with Crippen molar-refractivity contribution in [1.82, 2.24) is 10.6 Å². The number of rotatable bonds is 13. The Labute approximate surface area is 216 Å². The Kier molecular flexibility index (Phi) is 10.4. The van der Waals surface area contributed by atoms with Gasteiger partial charge in [-0.15, -0.1) is 0 Å². The lowest BCUT2D eigenvalue weighted by molar-refractivity contribution is -0.129. The van der Waals surface area contributed by atoms with Gasteiger partial charge in [0.25, 0.3) is 5.91 Å². The summed E-state index contributed by atoms with van der Waals surface area (Å²) in [4.78, 5) is 37.3. The highest BCUT2D eigenvalue weighted by Crippen LogP contribution is 2.24. The monoisotopic (exact) mass is 510 g/mol. The molecule has 0 aliphatic carbocycles.